The molecule has 0 bridgehead atoms. The maximum absolute atomic E-state index is 12.2. The Kier molecular flexibility index (Phi) is 3.57. The number of hydrogen-bond acceptors (Lipinski definition) is 3. The zero-order valence-corrected chi connectivity index (χ0v) is 14.8. The lowest BCUT2D eigenvalue weighted by Gasteiger charge is -2.02. The molecule has 1 aliphatic rings. The van der Waals surface area contributed by atoms with Crippen LogP contribution >= 0.6 is 11.3 Å². The summed E-state index contributed by atoms with van der Waals surface area (Å²) in [5.74, 6) is -0.162. The Morgan fingerprint density at radius 3 is 2.77 bits per heavy atom. The zero-order chi connectivity index (χ0) is 17.5. The lowest BCUT2D eigenvalue weighted by molar-refractivity contribution is -0.111. The highest BCUT2D eigenvalue weighted by Crippen LogP contribution is 2.38. The van der Waals surface area contributed by atoms with Gasteiger partial charge in [0.1, 0.15) is 0 Å². The third-order valence-electron chi connectivity index (χ3n) is 4.81. The molecule has 0 saturated heterocycles. The van der Waals surface area contributed by atoms with E-state index in [1.807, 2.05) is 30.3 Å². The van der Waals surface area contributed by atoms with E-state index < -0.39 is 0 Å². The van der Waals surface area contributed by atoms with Crippen LogP contribution in [0.15, 0.2) is 60.7 Å². The average molecular weight is 356 g/mol. The molecule has 5 rings (SSSR count). The number of carbonyl (C=O) groups is 1. The van der Waals surface area contributed by atoms with Crippen molar-refractivity contribution in [2.24, 2.45) is 0 Å². The number of rotatable bonds is 3. The maximum atomic E-state index is 12.2. The first kappa shape index (κ1) is 15.3. The van der Waals surface area contributed by atoms with Gasteiger partial charge in [-0.3, -0.25) is 10.1 Å². The van der Waals surface area contributed by atoms with Crippen LogP contribution in [0.5, 0.6) is 0 Å². The summed E-state index contributed by atoms with van der Waals surface area (Å²) in [6.07, 6.45) is 5.55. The molecule has 0 aliphatic heterocycles. The van der Waals surface area contributed by atoms with Crippen LogP contribution in [0.4, 0.5) is 5.13 Å². The fourth-order valence-corrected chi connectivity index (χ4v) is 4.59. The number of thiazole rings is 1. The van der Waals surface area contributed by atoms with Crippen LogP contribution in [0.25, 0.3) is 27.1 Å². The summed E-state index contributed by atoms with van der Waals surface area (Å²) in [5, 5.41) is 6.10. The van der Waals surface area contributed by atoms with Gasteiger partial charge in [-0.2, -0.15) is 0 Å². The molecule has 0 unspecified atom stereocenters. The Hall–Kier alpha value is -2.98. The van der Waals surface area contributed by atoms with Gasteiger partial charge in [-0.05, 0) is 47.1 Å². The first-order valence-electron chi connectivity index (χ1n) is 8.66. The van der Waals surface area contributed by atoms with E-state index in [1.54, 1.807) is 12.2 Å². The van der Waals surface area contributed by atoms with Crippen molar-refractivity contribution >= 4 is 49.4 Å². The third-order valence-corrected chi connectivity index (χ3v) is 5.72. The van der Waals surface area contributed by atoms with Gasteiger partial charge >= 0.3 is 0 Å². The lowest BCUT2D eigenvalue weighted by Crippen LogP contribution is -2.07. The highest BCUT2D eigenvalue weighted by Gasteiger charge is 2.18. The van der Waals surface area contributed by atoms with Crippen LogP contribution in [0.3, 0.4) is 0 Å². The molecule has 0 radical (unpaired) electrons. The normalized spacial score (nSPS) is 13.1. The molecule has 4 aromatic rings. The summed E-state index contributed by atoms with van der Waals surface area (Å²) in [4.78, 5) is 16.9. The van der Waals surface area contributed by atoms with Crippen LogP contribution in [0, 0.1) is 0 Å². The molecule has 1 aliphatic carbocycles. The van der Waals surface area contributed by atoms with Crippen LogP contribution in [-0.2, 0) is 17.6 Å². The summed E-state index contributed by atoms with van der Waals surface area (Å²) in [5.41, 5.74) is 4.79. The second kappa shape index (κ2) is 6.07. The minimum absolute atomic E-state index is 0.162. The molecule has 1 amide bonds. The predicted octanol–water partition coefficient (Wildman–Crippen LogP) is 5.20. The molecule has 4 heteroatoms. The summed E-state index contributed by atoms with van der Waals surface area (Å²) in [6, 6.07) is 18.5. The maximum Gasteiger partial charge on any atom is 0.250 e. The Morgan fingerprint density at radius 1 is 1.04 bits per heavy atom. The van der Waals surface area contributed by atoms with Crippen molar-refractivity contribution in [3.63, 3.8) is 0 Å². The highest BCUT2D eigenvalue weighted by molar-refractivity contribution is 7.22. The second-order valence-electron chi connectivity index (χ2n) is 6.47. The van der Waals surface area contributed by atoms with Crippen molar-refractivity contribution in [1.82, 2.24) is 4.98 Å². The molecule has 0 fully saturated rings. The molecule has 0 saturated carbocycles. The van der Waals surface area contributed by atoms with E-state index in [4.69, 9.17) is 4.98 Å². The SMILES string of the molecule is O=C(/C=C/c1ccccc1)Nc1nc2c(cc3c4c(cccc42)CC3)s1. The van der Waals surface area contributed by atoms with E-state index in [-0.39, 0.29) is 5.91 Å². The number of nitrogens with zero attached hydrogens (tertiary/aromatic N) is 1. The lowest BCUT2D eigenvalue weighted by atomic mass is 10.0. The van der Waals surface area contributed by atoms with Gasteiger partial charge in [-0.25, -0.2) is 4.98 Å². The largest absolute Gasteiger partial charge is 0.298 e. The Morgan fingerprint density at radius 2 is 1.88 bits per heavy atom. The van der Waals surface area contributed by atoms with Gasteiger partial charge in [0.15, 0.2) is 5.13 Å². The van der Waals surface area contributed by atoms with E-state index in [9.17, 15) is 4.79 Å². The number of amides is 1. The standard InChI is InChI=1S/C22H16N2OS/c25-19(12-9-14-5-2-1-3-6-14)23-22-24-21-17-8-4-7-15-10-11-16(20(15)17)13-18(21)26-22/h1-9,12-13H,10-11H2,(H,23,24,25)/b12-9+. The van der Waals surface area contributed by atoms with Crippen LogP contribution < -0.4 is 5.32 Å². The Bertz CT molecular complexity index is 1180. The third kappa shape index (κ3) is 2.59. The van der Waals surface area contributed by atoms with Crippen LogP contribution in [-0.4, -0.2) is 10.9 Å². The first-order chi connectivity index (χ1) is 12.8. The zero-order valence-electron chi connectivity index (χ0n) is 14.0. The summed E-state index contributed by atoms with van der Waals surface area (Å²) in [7, 11) is 0. The topological polar surface area (TPSA) is 42.0 Å². The van der Waals surface area contributed by atoms with E-state index in [2.05, 4.69) is 29.6 Å². The number of aryl methyl sites for hydroxylation is 2. The summed E-state index contributed by atoms with van der Waals surface area (Å²) < 4.78 is 1.13. The van der Waals surface area contributed by atoms with Crippen molar-refractivity contribution in [3.05, 3.63) is 77.4 Å². The number of anilines is 1. The number of nitrogens with one attached hydrogen (secondary N) is 1. The second-order valence-corrected chi connectivity index (χ2v) is 7.51. The fourth-order valence-electron chi connectivity index (χ4n) is 3.64. The van der Waals surface area contributed by atoms with Crippen molar-refractivity contribution < 1.29 is 4.79 Å². The van der Waals surface area contributed by atoms with E-state index >= 15 is 0 Å². The number of carbonyl (C=O) groups excluding carboxylic acids is 1. The van der Waals surface area contributed by atoms with Gasteiger partial charge in [-0.15, -0.1) is 0 Å². The molecule has 1 heterocycles. The highest BCUT2D eigenvalue weighted by atomic mass is 32.1. The molecule has 0 spiro atoms. The molecule has 3 aromatic carbocycles. The minimum atomic E-state index is -0.162. The quantitative estimate of drug-likeness (QED) is 0.513. The van der Waals surface area contributed by atoms with Gasteiger partial charge in [-0.1, -0.05) is 59.9 Å². The van der Waals surface area contributed by atoms with Crippen molar-refractivity contribution in [3.8, 4) is 0 Å². The number of hydrogen-bond donors (Lipinski definition) is 1. The van der Waals surface area contributed by atoms with E-state index in [0.29, 0.717) is 5.13 Å². The molecule has 1 aromatic heterocycles. The smallest absolute Gasteiger partial charge is 0.250 e. The van der Waals surface area contributed by atoms with Crippen molar-refractivity contribution in [2.75, 3.05) is 5.32 Å². The first-order valence-corrected chi connectivity index (χ1v) is 9.48. The molecule has 0 atom stereocenters. The molecule has 26 heavy (non-hydrogen) atoms. The van der Waals surface area contributed by atoms with Crippen molar-refractivity contribution in [2.45, 2.75) is 12.8 Å². The number of fused-ring (bicyclic) bond motifs is 2. The molecular weight excluding hydrogens is 340 g/mol. The minimum Gasteiger partial charge on any atom is -0.298 e. The van der Waals surface area contributed by atoms with Gasteiger partial charge in [0.2, 0.25) is 5.91 Å². The van der Waals surface area contributed by atoms with Crippen LogP contribution in [0.1, 0.15) is 16.7 Å². The van der Waals surface area contributed by atoms with Crippen LogP contribution in [0.2, 0.25) is 0 Å². The summed E-state index contributed by atoms with van der Waals surface area (Å²) >= 11 is 1.54. The monoisotopic (exact) mass is 356 g/mol. The van der Waals surface area contributed by atoms with Gasteiger partial charge in [0.25, 0.3) is 0 Å². The molecule has 3 nitrogen and oxygen atoms in total. The average Bonchev–Trinajstić information content (AvgIpc) is 3.26. The number of benzene rings is 3. The van der Waals surface area contributed by atoms with E-state index in [0.717, 1.165) is 28.6 Å². The Balaban J connectivity index is 1.47. The van der Waals surface area contributed by atoms with Gasteiger partial charge < -0.3 is 0 Å². The molecule has 1 N–H and O–H groups in total. The fraction of sp³-hybridized carbons (Fsp3) is 0.0909. The van der Waals surface area contributed by atoms with Gasteiger partial charge in [0.05, 0.1) is 10.2 Å². The molecule has 126 valence electrons. The Labute approximate surface area is 155 Å². The number of aromatic nitrogens is 1. The molecular formula is C22H16N2OS. The van der Waals surface area contributed by atoms with Crippen molar-refractivity contribution in [1.29, 1.82) is 0 Å². The summed E-state index contributed by atoms with van der Waals surface area (Å²) in [6.45, 7) is 0. The predicted molar refractivity (Wildman–Crippen MR) is 109 cm³/mol. The van der Waals surface area contributed by atoms with E-state index in [1.165, 1.54) is 33.2 Å². The van der Waals surface area contributed by atoms with Gasteiger partial charge in [0, 0.05) is 11.5 Å².